The maximum Gasteiger partial charge on any atom is 0.426 e. The molecule has 1 aromatic carbocycles. The van der Waals surface area contributed by atoms with Gasteiger partial charge in [-0.15, -0.1) is 23.4 Å². The van der Waals surface area contributed by atoms with Crippen molar-refractivity contribution in [2.24, 2.45) is 0 Å². The SMILES string of the molecule is C=CCCC(OCc1ccccc1)(c1nnc(-c2nc(O[C@H](C)CC=C)c(C(F)(F)F)cc2N(C(=O)O)C(=O)OC(C)(C)C)o1)C(F)(F)F. The molecule has 11 nitrogen and oxygen atoms in total. The lowest BCUT2D eigenvalue weighted by molar-refractivity contribution is -0.299. The van der Waals surface area contributed by atoms with Gasteiger partial charge in [-0.25, -0.2) is 14.6 Å². The zero-order valence-corrected chi connectivity index (χ0v) is 26.9. The van der Waals surface area contributed by atoms with Gasteiger partial charge in [0.2, 0.25) is 11.5 Å². The van der Waals surface area contributed by atoms with Crippen LogP contribution < -0.4 is 9.64 Å². The number of amides is 2. The third-order valence-corrected chi connectivity index (χ3v) is 6.55. The van der Waals surface area contributed by atoms with Gasteiger partial charge >= 0.3 is 24.5 Å². The Hall–Kier alpha value is -4.93. The molecular weight excluding hydrogens is 666 g/mol. The molecule has 17 heteroatoms. The predicted octanol–water partition coefficient (Wildman–Crippen LogP) is 8.85. The number of benzene rings is 1. The number of ether oxygens (including phenoxy) is 3. The molecule has 2 aromatic heterocycles. The highest BCUT2D eigenvalue weighted by Crippen LogP contribution is 2.48. The van der Waals surface area contributed by atoms with Crippen molar-refractivity contribution in [1.29, 1.82) is 0 Å². The van der Waals surface area contributed by atoms with Gasteiger partial charge in [-0.05, 0) is 52.2 Å². The second-order valence-electron chi connectivity index (χ2n) is 11.6. The molecule has 0 saturated carbocycles. The van der Waals surface area contributed by atoms with Gasteiger partial charge in [0.25, 0.3) is 11.8 Å². The number of aromatic nitrogens is 3. The quantitative estimate of drug-likeness (QED) is 0.136. The van der Waals surface area contributed by atoms with Crippen LogP contribution in [0.1, 0.15) is 64.0 Å². The summed E-state index contributed by atoms with van der Waals surface area (Å²) in [5.74, 6) is -3.30. The molecule has 1 N–H and O–H groups in total. The number of carboxylic acid groups (broad SMARTS) is 1. The van der Waals surface area contributed by atoms with Crippen LogP contribution in [0.25, 0.3) is 11.6 Å². The Bertz CT molecular complexity index is 1640. The molecule has 0 bridgehead atoms. The predicted molar refractivity (Wildman–Crippen MR) is 163 cm³/mol. The van der Waals surface area contributed by atoms with Crippen LogP contribution in [0.4, 0.5) is 41.6 Å². The van der Waals surface area contributed by atoms with Crippen LogP contribution in [0.15, 0.2) is 66.1 Å². The number of pyridine rings is 1. The minimum absolute atomic E-state index is 0.0378. The lowest BCUT2D eigenvalue weighted by Gasteiger charge is -2.32. The summed E-state index contributed by atoms with van der Waals surface area (Å²) in [6.45, 7) is 11.8. The van der Waals surface area contributed by atoms with Crippen molar-refractivity contribution in [2.45, 2.75) is 83.2 Å². The number of allylic oxidation sites excluding steroid dienone is 1. The van der Waals surface area contributed by atoms with Crippen molar-refractivity contribution in [1.82, 2.24) is 15.2 Å². The number of carbonyl (C=O) groups excluding carboxylic acids is 1. The van der Waals surface area contributed by atoms with Crippen molar-refractivity contribution >= 4 is 17.9 Å². The standard InChI is InChI=1S/C32H34F6N4O7/c1-7-9-16-30(32(36,37)38,46-18-20-14-11-10-12-15-20)26-41-40-25(48-26)23-22(42(27(43)44)28(45)49-29(4,5)6)17-21(31(33,34)35)24(39-23)47-19(3)13-8-2/h7-8,10-12,14-15,17,19H,1-2,9,13,16,18H2,3-6H3,(H,43,44)/t19-,30?/m1/s1. The maximum atomic E-state index is 14.9. The normalized spacial score (nSPS) is 14.0. The van der Waals surface area contributed by atoms with E-state index in [4.69, 9.17) is 18.6 Å². The zero-order valence-electron chi connectivity index (χ0n) is 26.9. The van der Waals surface area contributed by atoms with Crippen molar-refractivity contribution in [3.05, 3.63) is 78.7 Å². The highest BCUT2D eigenvalue weighted by Gasteiger charge is 2.61. The molecular formula is C32H34F6N4O7. The van der Waals surface area contributed by atoms with E-state index in [9.17, 15) is 41.0 Å². The first kappa shape index (κ1) is 38.5. The fourth-order valence-electron chi connectivity index (χ4n) is 4.32. The molecule has 3 rings (SSSR count). The summed E-state index contributed by atoms with van der Waals surface area (Å²) in [4.78, 5) is 29.0. The lowest BCUT2D eigenvalue weighted by atomic mass is 9.96. The van der Waals surface area contributed by atoms with E-state index in [1.54, 1.807) is 18.2 Å². The zero-order chi connectivity index (χ0) is 36.8. The highest BCUT2D eigenvalue weighted by atomic mass is 19.4. The van der Waals surface area contributed by atoms with E-state index in [2.05, 4.69) is 28.3 Å². The van der Waals surface area contributed by atoms with Crippen LogP contribution in [0.2, 0.25) is 0 Å². The number of halogens is 6. The fraction of sp³-hybridized carbons (Fsp3) is 0.406. The van der Waals surface area contributed by atoms with E-state index in [1.165, 1.54) is 52.0 Å². The summed E-state index contributed by atoms with van der Waals surface area (Å²) in [6.07, 6.45) is -13.7. The van der Waals surface area contributed by atoms with Crippen LogP contribution in [0, 0.1) is 0 Å². The monoisotopic (exact) mass is 700 g/mol. The fourth-order valence-corrected chi connectivity index (χ4v) is 4.32. The third-order valence-electron chi connectivity index (χ3n) is 6.55. The number of rotatable bonds is 13. The van der Waals surface area contributed by atoms with Crippen molar-refractivity contribution < 1.29 is 59.7 Å². The Balaban J connectivity index is 2.35. The Labute approximate surface area is 277 Å². The van der Waals surface area contributed by atoms with E-state index in [0.717, 1.165) is 0 Å². The molecule has 0 aliphatic rings. The molecule has 0 aliphatic heterocycles. The van der Waals surface area contributed by atoms with Gasteiger partial charge in [0.1, 0.15) is 17.3 Å². The number of alkyl halides is 6. The molecule has 1 unspecified atom stereocenters. The Kier molecular flexibility index (Phi) is 11.9. The minimum Gasteiger partial charge on any atom is -0.474 e. The van der Waals surface area contributed by atoms with Crippen LogP contribution in [0.3, 0.4) is 0 Å². The Morgan fingerprint density at radius 1 is 1.04 bits per heavy atom. The number of nitrogens with zero attached hydrogens (tertiary/aromatic N) is 4. The number of anilines is 1. The summed E-state index contributed by atoms with van der Waals surface area (Å²) >= 11 is 0. The molecule has 0 aliphatic carbocycles. The van der Waals surface area contributed by atoms with Crippen LogP contribution in [-0.4, -0.2) is 50.4 Å². The van der Waals surface area contributed by atoms with Gasteiger partial charge in [0.05, 0.1) is 12.3 Å². The van der Waals surface area contributed by atoms with Gasteiger partial charge in [0, 0.05) is 6.42 Å². The van der Waals surface area contributed by atoms with Gasteiger partial charge in [-0.1, -0.05) is 42.5 Å². The number of hydrogen-bond donors (Lipinski definition) is 1. The first-order valence-electron chi connectivity index (χ1n) is 14.6. The van der Waals surface area contributed by atoms with Crippen molar-refractivity contribution in [2.75, 3.05) is 4.90 Å². The largest absolute Gasteiger partial charge is 0.474 e. The minimum atomic E-state index is -5.23. The first-order chi connectivity index (χ1) is 22.7. The molecule has 0 saturated heterocycles. The third kappa shape index (κ3) is 9.37. The molecule has 49 heavy (non-hydrogen) atoms. The van der Waals surface area contributed by atoms with Gasteiger partial charge < -0.3 is 23.7 Å². The molecule has 3 aromatic rings. The van der Waals surface area contributed by atoms with Crippen LogP contribution >= 0.6 is 0 Å². The summed E-state index contributed by atoms with van der Waals surface area (Å²) < 4.78 is 109. The van der Waals surface area contributed by atoms with Gasteiger partial charge in [-0.3, -0.25) is 0 Å². The molecule has 2 atom stereocenters. The molecule has 2 amide bonds. The summed E-state index contributed by atoms with van der Waals surface area (Å²) in [6, 6.07) is 8.03. The number of carbonyl (C=O) groups is 2. The summed E-state index contributed by atoms with van der Waals surface area (Å²) in [5, 5.41) is 17.1. The Morgan fingerprint density at radius 3 is 2.22 bits per heavy atom. The Morgan fingerprint density at radius 2 is 1.69 bits per heavy atom. The molecule has 0 spiro atoms. The topological polar surface area (TPSA) is 137 Å². The maximum absolute atomic E-state index is 14.9. The second-order valence-corrected chi connectivity index (χ2v) is 11.6. The lowest BCUT2D eigenvalue weighted by Crippen LogP contribution is -2.45. The number of imide groups is 1. The molecule has 0 radical (unpaired) electrons. The molecule has 266 valence electrons. The average Bonchev–Trinajstić information content (AvgIpc) is 3.46. The average molecular weight is 701 g/mol. The van der Waals surface area contributed by atoms with E-state index >= 15 is 0 Å². The van der Waals surface area contributed by atoms with Gasteiger partial charge in [-0.2, -0.15) is 31.2 Å². The van der Waals surface area contributed by atoms with Crippen molar-refractivity contribution in [3.63, 3.8) is 0 Å². The first-order valence-corrected chi connectivity index (χ1v) is 14.6. The molecule has 2 heterocycles. The highest BCUT2D eigenvalue weighted by molar-refractivity contribution is 6.10. The number of hydrogen-bond acceptors (Lipinski definition) is 9. The van der Waals surface area contributed by atoms with Crippen LogP contribution in [0.5, 0.6) is 5.88 Å². The second kappa shape index (κ2) is 15.1. The molecule has 0 fully saturated rings. The van der Waals surface area contributed by atoms with E-state index in [1.807, 2.05) is 0 Å². The van der Waals surface area contributed by atoms with E-state index < -0.39 is 89.5 Å². The van der Waals surface area contributed by atoms with Crippen LogP contribution in [-0.2, 0) is 27.9 Å². The smallest absolute Gasteiger partial charge is 0.426 e. The summed E-state index contributed by atoms with van der Waals surface area (Å²) in [7, 11) is 0. The van der Waals surface area contributed by atoms with E-state index in [-0.39, 0.29) is 23.8 Å². The summed E-state index contributed by atoms with van der Waals surface area (Å²) in [5.41, 5.74) is -7.95. The van der Waals surface area contributed by atoms with E-state index in [0.29, 0.717) is 5.56 Å². The van der Waals surface area contributed by atoms with Crippen molar-refractivity contribution in [3.8, 4) is 17.5 Å². The van der Waals surface area contributed by atoms with Gasteiger partial charge in [0.15, 0.2) is 5.69 Å².